The SMILES string of the molecule is Cc1ccc(C2CSC(=S)c3ccccc32)cc1. The maximum Gasteiger partial charge on any atom is 0.0781 e. The standard InChI is InChI=1S/C16H14S2/c1-11-6-8-12(9-7-11)15-10-18-16(17)14-5-3-2-4-13(14)15/h2-9,15H,10H2,1H3. The minimum atomic E-state index is 0.471. The normalized spacial score (nSPS) is 18.5. The highest BCUT2D eigenvalue weighted by atomic mass is 32.2. The van der Waals surface area contributed by atoms with Gasteiger partial charge in [-0.1, -0.05) is 66.3 Å². The van der Waals surface area contributed by atoms with Crippen LogP contribution in [0.2, 0.25) is 0 Å². The maximum absolute atomic E-state index is 5.45. The van der Waals surface area contributed by atoms with E-state index in [-0.39, 0.29) is 0 Å². The molecule has 0 nitrogen and oxygen atoms in total. The summed E-state index contributed by atoms with van der Waals surface area (Å²) in [5, 5.41) is 0. The zero-order valence-electron chi connectivity index (χ0n) is 10.2. The monoisotopic (exact) mass is 270 g/mol. The summed E-state index contributed by atoms with van der Waals surface area (Å²) in [5.41, 5.74) is 5.33. The predicted molar refractivity (Wildman–Crippen MR) is 83.6 cm³/mol. The number of thiocarbonyl (C=S) groups is 1. The molecule has 0 spiro atoms. The highest BCUT2D eigenvalue weighted by Crippen LogP contribution is 2.37. The molecule has 0 N–H and O–H groups in total. The largest absolute Gasteiger partial charge is 0.113 e. The molecule has 0 bridgehead atoms. The van der Waals surface area contributed by atoms with E-state index in [9.17, 15) is 0 Å². The second kappa shape index (κ2) is 4.87. The Bertz CT molecular complexity index is 584. The van der Waals surface area contributed by atoms with Crippen molar-refractivity contribution in [1.29, 1.82) is 0 Å². The fourth-order valence-corrected chi connectivity index (χ4v) is 3.81. The van der Waals surface area contributed by atoms with Gasteiger partial charge in [-0.3, -0.25) is 0 Å². The summed E-state index contributed by atoms with van der Waals surface area (Å²) in [4.78, 5) is 0. The summed E-state index contributed by atoms with van der Waals surface area (Å²) >= 11 is 7.25. The highest BCUT2D eigenvalue weighted by molar-refractivity contribution is 8.23. The molecule has 3 rings (SSSR count). The van der Waals surface area contributed by atoms with Crippen LogP contribution in [0.15, 0.2) is 48.5 Å². The molecule has 1 unspecified atom stereocenters. The first-order valence-electron chi connectivity index (χ1n) is 6.08. The van der Waals surface area contributed by atoms with Gasteiger partial charge in [-0.2, -0.15) is 0 Å². The molecule has 0 saturated carbocycles. The lowest BCUT2D eigenvalue weighted by molar-refractivity contribution is 0.931. The van der Waals surface area contributed by atoms with Crippen LogP contribution < -0.4 is 0 Å². The van der Waals surface area contributed by atoms with Gasteiger partial charge in [0.2, 0.25) is 0 Å². The van der Waals surface area contributed by atoms with Gasteiger partial charge in [0.1, 0.15) is 0 Å². The Morgan fingerprint density at radius 3 is 2.56 bits per heavy atom. The van der Waals surface area contributed by atoms with Gasteiger partial charge in [-0.15, -0.1) is 11.8 Å². The molecule has 2 heteroatoms. The Labute approximate surface area is 117 Å². The van der Waals surface area contributed by atoms with Crippen molar-refractivity contribution in [3.63, 3.8) is 0 Å². The zero-order valence-corrected chi connectivity index (χ0v) is 11.9. The van der Waals surface area contributed by atoms with E-state index in [4.69, 9.17) is 12.2 Å². The second-order valence-corrected chi connectivity index (χ2v) is 6.35. The van der Waals surface area contributed by atoms with Crippen molar-refractivity contribution >= 4 is 28.2 Å². The Kier molecular flexibility index (Phi) is 3.23. The number of fused-ring (bicyclic) bond motifs is 1. The van der Waals surface area contributed by atoms with Gasteiger partial charge in [0.15, 0.2) is 0 Å². The lowest BCUT2D eigenvalue weighted by Gasteiger charge is -2.26. The molecule has 1 aliphatic rings. The third-order valence-corrected chi connectivity index (χ3v) is 4.97. The van der Waals surface area contributed by atoms with Gasteiger partial charge in [-0.05, 0) is 18.1 Å². The molecule has 1 aliphatic heterocycles. The van der Waals surface area contributed by atoms with Crippen molar-refractivity contribution in [2.24, 2.45) is 0 Å². The predicted octanol–water partition coefficient (Wildman–Crippen LogP) is 4.55. The van der Waals surface area contributed by atoms with E-state index in [1.165, 1.54) is 22.3 Å². The number of rotatable bonds is 1. The third kappa shape index (κ3) is 2.11. The van der Waals surface area contributed by atoms with Crippen molar-refractivity contribution in [3.8, 4) is 0 Å². The van der Waals surface area contributed by atoms with Crippen molar-refractivity contribution in [1.82, 2.24) is 0 Å². The zero-order chi connectivity index (χ0) is 12.5. The highest BCUT2D eigenvalue weighted by Gasteiger charge is 2.24. The second-order valence-electron chi connectivity index (χ2n) is 4.65. The van der Waals surface area contributed by atoms with Crippen LogP contribution in [0.3, 0.4) is 0 Å². The molecule has 0 fully saturated rings. The molecule has 0 aromatic heterocycles. The van der Waals surface area contributed by atoms with Crippen LogP contribution >= 0.6 is 24.0 Å². The quantitative estimate of drug-likeness (QED) is 0.697. The Morgan fingerprint density at radius 2 is 1.78 bits per heavy atom. The van der Waals surface area contributed by atoms with Crippen molar-refractivity contribution < 1.29 is 0 Å². The molecule has 1 heterocycles. The number of hydrogen-bond donors (Lipinski definition) is 0. The van der Waals surface area contributed by atoms with Gasteiger partial charge in [0, 0.05) is 17.2 Å². The minimum absolute atomic E-state index is 0.471. The van der Waals surface area contributed by atoms with Crippen LogP contribution in [-0.2, 0) is 0 Å². The van der Waals surface area contributed by atoms with Crippen LogP contribution in [-0.4, -0.2) is 9.95 Å². The maximum atomic E-state index is 5.45. The van der Waals surface area contributed by atoms with E-state index >= 15 is 0 Å². The summed E-state index contributed by atoms with van der Waals surface area (Å²) in [6.45, 7) is 2.13. The van der Waals surface area contributed by atoms with Crippen LogP contribution in [0.5, 0.6) is 0 Å². The Morgan fingerprint density at radius 1 is 1.06 bits per heavy atom. The van der Waals surface area contributed by atoms with Crippen molar-refractivity contribution in [2.45, 2.75) is 12.8 Å². The fourth-order valence-electron chi connectivity index (χ4n) is 2.39. The van der Waals surface area contributed by atoms with Crippen LogP contribution in [0, 0.1) is 6.92 Å². The molecular weight excluding hydrogens is 256 g/mol. The number of aryl methyl sites for hydroxylation is 1. The first-order chi connectivity index (χ1) is 8.75. The van der Waals surface area contributed by atoms with Gasteiger partial charge in [-0.25, -0.2) is 0 Å². The van der Waals surface area contributed by atoms with Gasteiger partial charge in [0.05, 0.1) is 4.20 Å². The number of hydrogen-bond acceptors (Lipinski definition) is 2. The third-order valence-electron chi connectivity index (χ3n) is 3.42. The number of thioether (sulfide) groups is 1. The molecule has 2 aromatic rings. The van der Waals surface area contributed by atoms with Crippen LogP contribution in [0.4, 0.5) is 0 Å². The van der Waals surface area contributed by atoms with Gasteiger partial charge < -0.3 is 0 Å². The van der Waals surface area contributed by atoms with E-state index in [2.05, 4.69) is 55.5 Å². The van der Waals surface area contributed by atoms with Crippen LogP contribution in [0.1, 0.15) is 28.2 Å². The van der Waals surface area contributed by atoms with E-state index in [1.54, 1.807) is 11.8 Å². The van der Waals surface area contributed by atoms with Gasteiger partial charge in [0.25, 0.3) is 0 Å². The molecule has 0 saturated heterocycles. The lowest BCUT2D eigenvalue weighted by Crippen LogP contribution is -2.15. The average molecular weight is 270 g/mol. The molecule has 0 aliphatic carbocycles. The van der Waals surface area contributed by atoms with Crippen molar-refractivity contribution in [3.05, 3.63) is 70.8 Å². The minimum Gasteiger partial charge on any atom is -0.113 e. The van der Waals surface area contributed by atoms with E-state index in [0.717, 1.165) is 9.95 Å². The Balaban J connectivity index is 2.07. The smallest absolute Gasteiger partial charge is 0.0781 e. The summed E-state index contributed by atoms with van der Waals surface area (Å²) in [6, 6.07) is 17.4. The lowest BCUT2D eigenvalue weighted by atomic mass is 9.89. The molecule has 0 radical (unpaired) electrons. The summed E-state index contributed by atoms with van der Waals surface area (Å²) in [5.74, 6) is 1.53. The molecule has 90 valence electrons. The van der Waals surface area contributed by atoms with Crippen molar-refractivity contribution in [2.75, 3.05) is 5.75 Å². The van der Waals surface area contributed by atoms with E-state index in [0.29, 0.717) is 5.92 Å². The molecular formula is C16H14S2. The summed E-state index contributed by atoms with van der Waals surface area (Å²) in [7, 11) is 0. The Hall–Kier alpha value is -1.12. The van der Waals surface area contributed by atoms with Crippen LogP contribution in [0.25, 0.3) is 0 Å². The van der Waals surface area contributed by atoms with E-state index < -0.39 is 0 Å². The average Bonchev–Trinajstić information content (AvgIpc) is 2.41. The topological polar surface area (TPSA) is 0 Å². The molecule has 0 amide bonds. The summed E-state index contributed by atoms with van der Waals surface area (Å²) < 4.78 is 1.04. The molecule has 18 heavy (non-hydrogen) atoms. The first-order valence-corrected chi connectivity index (χ1v) is 7.48. The van der Waals surface area contributed by atoms with E-state index in [1.807, 2.05) is 0 Å². The summed E-state index contributed by atoms with van der Waals surface area (Å²) in [6.07, 6.45) is 0. The fraction of sp³-hybridized carbons (Fsp3) is 0.188. The van der Waals surface area contributed by atoms with Gasteiger partial charge >= 0.3 is 0 Å². The number of benzene rings is 2. The molecule has 2 aromatic carbocycles. The molecule has 1 atom stereocenters. The first kappa shape index (κ1) is 11.9.